The molecular formula is C25H38N4O8. The largest absolute Gasteiger partial charge is 0.480 e. The zero-order valence-corrected chi connectivity index (χ0v) is 21.1. The minimum atomic E-state index is -1.03. The number of nitrogens with zero attached hydrogens (tertiary/aromatic N) is 2. The van der Waals surface area contributed by atoms with Gasteiger partial charge in [-0.05, 0) is 63.5 Å². The van der Waals surface area contributed by atoms with Gasteiger partial charge in [-0.2, -0.15) is 0 Å². The van der Waals surface area contributed by atoms with E-state index in [-0.39, 0.29) is 19.1 Å². The van der Waals surface area contributed by atoms with Crippen molar-refractivity contribution in [3.63, 3.8) is 0 Å². The number of hydrogen-bond donors (Lipinski definition) is 3. The Morgan fingerprint density at radius 2 is 1.84 bits per heavy atom. The molecule has 1 saturated heterocycles. The predicted molar refractivity (Wildman–Crippen MR) is 134 cm³/mol. The van der Waals surface area contributed by atoms with Crippen molar-refractivity contribution in [1.29, 1.82) is 0 Å². The van der Waals surface area contributed by atoms with Crippen LogP contribution in [0.2, 0.25) is 0 Å². The number of rotatable bonds is 18. The highest BCUT2D eigenvalue weighted by Crippen LogP contribution is 2.20. The molecule has 12 nitrogen and oxygen atoms in total. The standard InChI is InChI=1S/C25H38N4O8/c26-15-5-4-11-20(23(30)28-16-8-12-22(28)24(31)32)27-21(14-13-19-9-2-1-3-10-19)25(33)36-17-6-7-18-37-29(34)35/h1-3,9-10,20-22,27H,4-8,11-18,26H2,(H,31,32)/t20-,21-,22-/m0/s1. The lowest BCUT2D eigenvalue weighted by molar-refractivity contribution is -0.757. The van der Waals surface area contributed by atoms with Gasteiger partial charge in [-0.25, -0.2) is 4.79 Å². The molecule has 1 aromatic carbocycles. The second-order valence-corrected chi connectivity index (χ2v) is 9.04. The number of carbonyl (C=O) groups excluding carboxylic acids is 2. The minimum Gasteiger partial charge on any atom is -0.480 e. The number of carboxylic acids is 1. The van der Waals surface area contributed by atoms with Crippen LogP contribution in [0.3, 0.4) is 0 Å². The van der Waals surface area contributed by atoms with Gasteiger partial charge < -0.3 is 25.3 Å². The molecule has 3 atom stereocenters. The number of carboxylic acid groups (broad SMARTS) is 1. The van der Waals surface area contributed by atoms with Crippen molar-refractivity contribution >= 4 is 17.8 Å². The Morgan fingerprint density at radius 3 is 2.51 bits per heavy atom. The molecule has 0 saturated carbocycles. The zero-order valence-electron chi connectivity index (χ0n) is 21.1. The summed E-state index contributed by atoms with van der Waals surface area (Å²) in [7, 11) is 0. The molecule has 0 aliphatic carbocycles. The van der Waals surface area contributed by atoms with E-state index in [0.717, 1.165) is 5.56 Å². The van der Waals surface area contributed by atoms with Crippen LogP contribution in [0.25, 0.3) is 0 Å². The molecule has 12 heteroatoms. The third kappa shape index (κ3) is 10.7. The summed E-state index contributed by atoms with van der Waals surface area (Å²) in [5, 5.41) is 22.1. The van der Waals surface area contributed by atoms with Gasteiger partial charge in [-0.3, -0.25) is 14.9 Å². The number of esters is 1. The molecule has 1 aliphatic heterocycles. The van der Waals surface area contributed by atoms with E-state index in [0.29, 0.717) is 70.9 Å². The van der Waals surface area contributed by atoms with Crippen molar-refractivity contribution in [1.82, 2.24) is 10.2 Å². The first kappa shape index (κ1) is 30.0. The van der Waals surface area contributed by atoms with E-state index >= 15 is 0 Å². The first-order chi connectivity index (χ1) is 17.8. The maximum Gasteiger partial charge on any atom is 0.326 e. The SMILES string of the molecule is NCCCC[C@H](N[C@@H](CCc1ccccc1)C(=O)OCCCCO[N+](=O)[O-])C(=O)N1CCC[C@H]1C(=O)O. The fourth-order valence-electron chi connectivity index (χ4n) is 4.34. The number of hydrogen-bond acceptors (Lipinski definition) is 9. The number of unbranched alkanes of at least 4 members (excludes halogenated alkanes) is 2. The Bertz CT molecular complexity index is 870. The number of nitrogens with one attached hydrogen (secondary N) is 1. The van der Waals surface area contributed by atoms with Crippen LogP contribution < -0.4 is 11.1 Å². The van der Waals surface area contributed by atoms with Gasteiger partial charge in [0.2, 0.25) is 5.91 Å². The molecule has 2 rings (SSSR count). The van der Waals surface area contributed by atoms with Crippen LogP contribution in [0.1, 0.15) is 56.9 Å². The maximum atomic E-state index is 13.4. The Hall–Kier alpha value is -3.25. The summed E-state index contributed by atoms with van der Waals surface area (Å²) in [5.41, 5.74) is 6.65. The van der Waals surface area contributed by atoms with E-state index < -0.39 is 35.2 Å². The summed E-state index contributed by atoms with van der Waals surface area (Å²) >= 11 is 0. The number of carbonyl (C=O) groups is 3. The maximum absolute atomic E-state index is 13.4. The van der Waals surface area contributed by atoms with Gasteiger partial charge >= 0.3 is 11.9 Å². The van der Waals surface area contributed by atoms with Crippen molar-refractivity contribution in [2.45, 2.75) is 75.9 Å². The van der Waals surface area contributed by atoms with Gasteiger partial charge in [-0.1, -0.05) is 36.8 Å². The van der Waals surface area contributed by atoms with Gasteiger partial charge in [-0.15, -0.1) is 10.1 Å². The number of nitrogens with two attached hydrogens (primary N) is 1. The van der Waals surface area contributed by atoms with Crippen LogP contribution in [-0.2, 0) is 30.4 Å². The highest BCUT2D eigenvalue weighted by atomic mass is 16.9. The summed E-state index contributed by atoms with van der Waals surface area (Å²) in [5.74, 6) is -1.90. The Labute approximate surface area is 216 Å². The average Bonchev–Trinajstić information content (AvgIpc) is 3.38. The van der Waals surface area contributed by atoms with Crippen LogP contribution in [-0.4, -0.2) is 77.4 Å². The quantitative estimate of drug-likeness (QED) is 0.111. The lowest BCUT2D eigenvalue weighted by Gasteiger charge is -2.30. The first-order valence-corrected chi connectivity index (χ1v) is 12.8. The number of aliphatic carboxylic acids is 1. The Kier molecular flexibility index (Phi) is 13.4. The van der Waals surface area contributed by atoms with E-state index in [9.17, 15) is 29.6 Å². The Morgan fingerprint density at radius 1 is 1.11 bits per heavy atom. The molecule has 1 aliphatic rings. The van der Waals surface area contributed by atoms with E-state index in [1.54, 1.807) is 0 Å². The van der Waals surface area contributed by atoms with Crippen molar-refractivity contribution in [3.05, 3.63) is 46.0 Å². The molecule has 37 heavy (non-hydrogen) atoms. The van der Waals surface area contributed by atoms with Crippen LogP contribution in [0.4, 0.5) is 0 Å². The molecule has 4 N–H and O–H groups in total. The lowest BCUT2D eigenvalue weighted by atomic mass is 10.0. The zero-order chi connectivity index (χ0) is 27.0. The molecule has 0 bridgehead atoms. The third-order valence-corrected chi connectivity index (χ3v) is 6.30. The smallest absolute Gasteiger partial charge is 0.326 e. The average molecular weight is 523 g/mol. The van der Waals surface area contributed by atoms with Gasteiger partial charge in [0.25, 0.3) is 5.09 Å². The summed E-state index contributed by atoms with van der Waals surface area (Å²) < 4.78 is 5.42. The summed E-state index contributed by atoms with van der Waals surface area (Å²) in [4.78, 5) is 54.0. The van der Waals surface area contributed by atoms with Crippen molar-refractivity contribution in [3.8, 4) is 0 Å². The number of benzene rings is 1. The predicted octanol–water partition coefficient (Wildman–Crippen LogP) is 1.68. The summed E-state index contributed by atoms with van der Waals surface area (Å²) in [6.45, 7) is 0.791. The van der Waals surface area contributed by atoms with Crippen molar-refractivity contribution in [2.75, 3.05) is 26.3 Å². The number of amides is 1. The topological polar surface area (TPSA) is 174 Å². The Balaban J connectivity index is 2.09. The molecule has 0 unspecified atom stereocenters. The highest BCUT2D eigenvalue weighted by molar-refractivity contribution is 5.88. The molecule has 1 fully saturated rings. The molecule has 1 amide bonds. The van der Waals surface area contributed by atoms with E-state index in [1.165, 1.54) is 4.90 Å². The van der Waals surface area contributed by atoms with E-state index in [4.69, 9.17) is 10.5 Å². The van der Waals surface area contributed by atoms with Crippen LogP contribution in [0, 0.1) is 10.1 Å². The molecule has 1 heterocycles. The summed E-state index contributed by atoms with van der Waals surface area (Å²) in [6, 6.07) is 7.18. The molecule has 206 valence electrons. The normalized spacial score (nSPS) is 16.7. The lowest BCUT2D eigenvalue weighted by Crippen LogP contribution is -2.54. The van der Waals surface area contributed by atoms with Crippen molar-refractivity contribution < 1.29 is 34.2 Å². The second kappa shape index (κ2) is 16.5. The fraction of sp³-hybridized carbons (Fsp3) is 0.640. The fourth-order valence-corrected chi connectivity index (χ4v) is 4.34. The first-order valence-electron chi connectivity index (χ1n) is 12.8. The number of likely N-dealkylation sites (tertiary alicyclic amines) is 1. The van der Waals surface area contributed by atoms with E-state index in [1.807, 2.05) is 30.3 Å². The van der Waals surface area contributed by atoms with Gasteiger partial charge in [0, 0.05) is 6.54 Å². The highest BCUT2D eigenvalue weighted by Gasteiger charge is 2.38. The molecule has 0 spiro atoms. The molecule has 0 radical (unpaired) electrons. The van der Waals surface area contributed by atoms with Crippen LogP contribution in [0.15, 0.2) is 30.3 Å². The second-order valence-electron chi connectivity index (χ2n) is 9.04. The van der Waals surface area contributed by atoms with Crippen LogP contribution in [0.5, 0.6) is 0 Å². The van der Waals surface area contributed by atoms with Crippen LogP contribution >= 0.6 is 0 Å². The minimum absolute atomic E-state index is 0.0580. The van der Waals surface area contributed by atoms with Gasteiger partial charge in [0.1, 0.15) is 12.1 Å². The molecule has 1 aromatic rings. The molecular weight excluding hydrogens is 484 g/mol. The number of ether oxygens (including phenoxy) is 1. The number of aryl methyl sites for hydroxylation is 1. The van der Waals surface area contributed by atoms with Crippen molar-refractivity contribution in [2.24, 2.45) is 5.73 Å². The van der Waals surface area contributed by atoms with Gasteiger partial charge in [0.05, 0.1) is 19.3 Å². The van der Waals surface area contributed by atoms with E-state index in [2.05, 4.69) is 10.2 Å². The third-order valence-electron chi connectivity index (χ3n) is 6.30. The molecule has 0 aromatic heterocycles. The van der Waals surface area contributed by atoms with Gasteiger partial charge in [0.15, 0.2) is 0 Å². The summed E-state index contributed by atoms with van der Waals surface area (Å²) in [6.07, 6.45) is 4.42. The monoisotopic (exact) mass is 522 g/mol.